The molecular weight excluding hydrogens is 202 g/mol. The zero-order valence-electron chi connectivity index (χ0n) is 10.5. The van der Waals surface area contributed by atoms with Gasteiger partial charge in [0.1, 0.15) is 0 Å². The number of carbonyl (C=O) groups is 1. The summed E-state index contributed by atoms with van der Waals surface area (Å²) in [6, 6.07) is 0.400. The molecule has 1 unspecified atom stereocenters. The first-order valence-electron chi connectivity index (χ1n) is 6.40. The third-order valence-corrected chi connectivity index (χ3v) is 3.85. The molecule has 16 heavy (non-hydrogen) atoms. The van der Waals surface area contributed by atoms with E-state index in [0.29, 0.717) is 6.04 Å². The number of likely N-dealkylation sites (N-methyl/N-ethyl adjacent to an activating group) is 1. The largest absolute Gasteiger partial charge is 0.347 e. The summed E-state index contributed by atoms with van der Waals surface area (Å²) in [5.41, 5.74) is 0. The Bertz CT molecular complexity index is 259. The summed E-state index contributed by atoms with van der Waals surface area (Å²) in [4.78, 5) is 12.0. The average Bonchev–Trinajstić information content (AvgIpc) is 2.59. The number of nitrogens with zero attached hydrogens (tertiary/aromatic N) is 1. The fraction of sp³-hybridized carbons (Fsp3) is 0.917. The fourth-order valence-electron chi connectivity index (χ4n) is 2.81. The number of hydrogen-bond acceptors (Lipinski definition) is 2. The van der Waals surface area contributed by atoms with Gasteiger partial charge in [-0.05, 0) is 25.9 Å². The van der Waals surface area contributed by atoms with Crippen molar-refractivity contribution in [2.24, 2.45) is 5.92 Å². The number of likely N-dealkylation sites (tertiary alicyclic amines) is 1. The second-order valence-electron chi connectivity index (χ2n) is 5.86. The van der Waals surface area contributed by atoms with Crippen molar-refractivity contribution in [3.8, 4) is 0 Å². The highest BCUT2D eigenvalue weighted by molar-refractivity contribution is 5.79. The van der Waals surface area contributed by atoms with Gasteiger partial charge in [0, 0.05) is 12.3 Å². The maximum atomic E-state index is 12.0. The van der Waals surface area contributed by atoms with Gasteiger partial charge >= 0.3 is 0 Å². The Morgan fingerprint density at radius 3 is 2.50 bits per heavy atom. The number of piperidine rings is 1. The first-order chi connectivity index (χ1) is 7.57. The highest BCUT2D eigenvalue weighted by atomic mass is 16.2. The van der Waals surface area contributed by atoms with Crippen LogP contribution in [0.1, 0.15) is 19.3 Å². The number of amides is 1. The summed E-state index contributed by atoms with van der Waals surface area (Å²) >= 11 is 0. The van der Waals surface area contributed by atoms with Crippen LogP contribution in [0.15, 0.2) is 0 Å². The Morgan fingerprint density at radius 2 is 1.94 bits per heavy atom. The van der Waals surface area contributed by atoms with Crippen molar-refractivity contribution in [2.75, 3.05) is 40.3 Å². The number of rotatable bonds is 2. The smallest absolute Gasteiger partial charge is 0.223 e. The van der Waals surface area contributed by atoms with E-state index in [-0.39, 0.29) is 11.8 Å². The molecule has 0 bridgehead atoms. The lowest BCUT2D eigenvalue weighted by molar-refractivity contribution is -0.878. The Morgan fingerprint density at radius 1 is 1.25 bits per heavy atom. The van der Waals surface area contributed by atoms with E-state index >= 15 is 0 Å². The molecule has 0 aromatic heterocycles. The number of quaternary nitrogens is 1. The standard InChI is InChI=1S/C12H23N3O/c1-15(2)8-5-11(9-15)14-12(16)10-3-6-13-7-4-10/h10-11,13H,3-9H2,1-2H3/p+1. The summed E-state index contributed by atoms with van der Waals surface area (Å²) in [7, 11) is 4.47. The number of carbonyl (C=O) groups excluding carboxylic acids is 1. The van der Waals surface area contributed by atoms with Crippen molar-refractivity contribution in [3.63, 3.8) is 0 Å². The van der Waals surface area contributed by atoms with Crippen LogP contribution in [0.4, 0.5) is 0 Å². The van der Waals surface area contributed by atoms with Crippen molar-refractivity contribution < 1.29 is 9.28 Å². The van der Waals surface area contributed by atoms with Crippen LogP contribution >= 0.6 is 0 Å². The molecule has 2 rings (SSSR count). The summed E-state index contributed by atoms with van der Waals surface area (Å²) < 4.78 is 1.04. The molecule has 0 aromatic carbocycles. The van der Waals surface area contributed by atoms with Crippen molar-refractivity contribution in [2.45, 2.75) is 25.3 Å². The predicted molar refractivity (Wildman–Crippen MR) is 64.0 cm³/mol. The summed E-state index contributed by atoms with van der Waals surface area (Å²) in [5.74, 6) is 0.533. The van der Waals surface area contributed by atoms with E-state index in [9.17, 15) is 4.79 Å². The lowest BCUT2D eigenvalue weighted by atomic mass is 9.97. The molecule has 0 saturated carbocycles. The Labute approximate surface area is 98.0 Å². The minimum Gasteiger partial charge on any atom is -0.347 e. The van der Waals surface area contributed by atoms with Crippen molar-refractivity contribution in [1.29, 1.82) is 0 Å². The maximum absolute atomic E-state index is 12.0. The van der Waals surface area contributed by atoms with Gasteiger partial charge in [0.25, 0.3) is 0 Å². The van der Waals surface area contributed by atoms with Gasteiger partial charge < -0.3 is 15.1 Å². The SMILES string of the molecule is C[N+]1(C)CCC(NC(=O)C2CCNCC2)C1. The highest BCUT2D eigenvalue weighted by Gasteiger charge is 2.33. The van der Waals surface area contributed by atoms with Gasteiger partial charge in [-0.15, -0.1) is 0 Å². The van der Waals surface area contributed by atoms with Crippen molar-refractivity contribution in [3.05, 3.63) is 0 Å². The summed E-state index contributed by atoms with van der Waals surface area (Å²) in [5, 5.41) is 6.52. The Hall–Kier alpha value is -0.610. The van der Waals surface area contributed by atoms with Crippen molar-refractivity contribution in [1.82, 2.24) is 10.6 Å². The number of hydrogen-bond donors (Lipinski definition) is 2. The molecule has 4 heteroatoms. The average molecular weight is 226 g/mol. The van der Waals surface area contributed by atoms with E-state index in [1.54, 1.807) is 0 Å². The molecule has 4 nitrogen and oxygen atoms in total. The molecule has 0 aromatic rings. The first kappa shape index (κ1) is 11.9. The van der Waals surface area contributed by atoms with Crippen LogP contribution in [-0.4, -0.2) is 56.7 Å². The molecule has 1 atom stereocenters. The molecule has 1 amide bonds. The number of nitrogens with one attached hydrogen (secondary N) is 2. The summed E-state index contributed by atoms with van der Waals surface area (Å²) in [6.45, 7) is 4.24. The van der Waals surface area contributed by atoms with Crippen LogP contribution in [0.5, 0.6) is 0 Å². The third-order valence-electron chi connectivity index (χ3n) is 3.85. The van der Waals surface area contributed by atoms with E-state index in [1.807, 2.05) is 0 Å². The quantitative estimate of drug-likeness (QED) is 0.648. The normalized spacial score (nSPS) is 30.2. The summed E-state index contributed by atoms with van der Waals surface area (Å²) in [6.07, 6.45) is 3.12. The Kier molecular flexibility index (Phi) is 3.50. The van der Waals surface area contributed by atoms with E-state index in [2.05, 4.69) is 24.7 Å². The zero-order chi connectivity index (χ0) is 11.6. The van der Waals surface area contributed by atoms with Crippen LogP contribution in [0.2, 0.25) is 0 Å². The van der Waals surface area contributed by atoms with Gasteiger partial charge in [-0.25, -0.2) is 0 Å². The van der Waals surface area contributed by atoms with Gasteiger partial charge in [-0.3, -0.25) is 4.79 Å². The van der Waals surface area contributed by atoms with E-state index in [4.69, 9.17) is 0 Å². The molecule has 0 radical (unpaired) electrons. The maximum Gasteiger partial charge on any atom is 0.223 e. The van der Waals surface area contributed by atoms with Crippen LogP contribution in [-0.2, 0) is 4.79 Å². The van der Waals surface area contributed by atoms with E-state index in [1.165, 1.54) is 6.54 Å². The second kappa shape index (κ2) is 4.72. The van der Waals surface area contributed by atoms with Crippen molar-refractivity contribution >= 4 is 5.91 Å². The van der Waals surface area contributed by atoms with Gasteiger partial charge in [-0.1, -0.05) is 0 Å². The molecule has 2 saturated heterocycles. The monoisotopic (exact) mass is 226 g/mol. The van der Waals surface area contributed by atoms with Crippen LogP contribution < -0.4 is 10.6 Å². The zero-order valence-corrected chi connectivity index (χ0v) is 10.5. The molecule has 0 aliphatic carbocycles. The van der Waals surface area contributed by atoms with Gasteiger partial charge in [-0.2, -0.15) is 0 Å². The molecule has 2 N–H and O–H groups in total. The first-order valence-corrected chi connectivity index (χ1v) is 6.40. The minimum absolute atomic E-state index is 0.248. The van der Waals surface area contributed by atoms with Crippen LogP contribution in [0.3, 0.4) is 0 Å². The van der Waals surface area contributed by atoms with Gasteiger partial charge in [0.05, 0.1) is 33.2 Å². The third kappa shape index (κ3) is 2.95. The van der Waals surface area contributed by atoms with Gasteiger partial charge in [0.2, 0.25) is 5.91 Å². The molecule has 0 spiro atoms. The molecule has 2 aliphatic rings. The highest BCUT2D eigenvalue weighted by Crippen LogP contribution is 2.16. The molecule has 92 valence electrons. The second-order valence-corrected chi connectivity index (χ2v) is 5.86. The van der Waals surface area contributed by atoms with E-state index < -0.39 is 0 Å². The van der Waals surface area contributed by atoms with E-state index in [0.717, 1.165) is 43.4 Å². The predicted octanol–water partition coefficient (Wildman–Crippen LogP) is -0.0491. The fourth-order valence-corrected chi connectivity index (χ4v) is 2.81. The van der Waals surface area contributed by atoms with Crippen LogP contribution in [0, 0.1) is 5.92 Å². The molecular formula is C12H24N3O+. The molecule has 2 aliphatic heterocycles. The topological polar surface area (TPSA) is 41.1 Å². The minimum atomic E-state index is 0.248. The van der Waals surface area contributed by atoms with Gasteiger partial charge in [0.15, 0.2) is 0 Å². The Balaban J connectivity index is 1.79. The molecule has 2 heterocycles. The van der Waals surface area contributed by atoms with Crippen LogP contribution in [0.25, 0.3) is 0 Å². The molecule has 2 fully saturated rings. The lowest BCUT2D eigenvalue weighted by Gasteiger charge is -2.25. The lowest BCUT2D eigenvalue weighted by Crippen LogP contribution is -2.45.